The lowest BCUT2D eigenvalue weighted by Gasteiger charge is -2.20. The maximum atomic E-state index is 11.9. The van der Waals surface area contributed by atoms with Gasteiger partial charge in [0.1, 0.15) is 0 Å². The van der Waals surface area contributed by atoms with E-state index in [1.807, 2.05) is 7.05 Å². The first-order valence-corrected chi connectivity index (χ1v) is 6.96. The van der Waals surface area contributed by atoms with Crippen molar-refractivity contribution in [2.24, 2.45) is 5.73 Å². The van der Waals surface area contributed by atoms with Gasteiger partial charge in [0.25, 0.3) is 0 Å². The van der Waals surface area contributed by atoms with E-state index in [0.29, 0.717) is 13.0 Å². The molecule has 1 fully saturated rings. The van der Waals surface area contributed by atoms with E-state index in [4.69, 9.17) is 5.73 Å². The third-order valence-electron chi connectivity index (χ3n) is 3.45. The third-order valence-corrected chi connectivity index (χ3v) is 3.45. The number of hydrogen-bond donors (Lipinski definition) is 2. The summed E-state index contributed by atoms with van der Waals surface area (Å²) in [6.07, 6.45) is 2.35. The Morgan fingerprint density at radius 1 is 1.47 bits per heavy atom. The quantitative estimate of drug-likeness (QED) is 0.647. The van der Waals surface area contributed by atoms with Crippen molar-refractivity contribution >= 4 is 11.8 Å². The monoisotopic (exact) mass is 270 g/mol. The van der Waals surface area contributed by atoms with Crippen LogP contribution in [0.4, 0.5) is 0 Å². The summed E-state index contributed by atoms with van der Waals surface area (Å²) < 4.78 is 0. The normalized spacial score (nSPS) is 19.4. The van der Waals surface area contributed by atoms with Crippen LogP contribution in [0, 0.1) is 0 Å². The molecule has 1 atom stereocenters. The maximum Gasteiger partial charge on any atom is 0.223 e. The molecule has 19 heavy (non-hydrogen) atoms. The molecule has 0 aromatic carbocycles. The van der Waals surface area contributed by atoms with Crippen LogP contribution in [0.5, 0.6) is 0 Å². The average Bonchev–Trinajstić information content (AvgIpc) is 2.79. The lowest BCUT2D eigenvalue weighted by Crippen LogP contribution is -2.37. The molecule has 0 aromatic heterocycles. The van der Waals surface area contributed by atoms with Gasteiger partial charge in [-0.05, 0) is 19.4 Å². The number of nitrogens with two attached hydrogens (primary N) is 1. The fraction of sp³-hybridized carbons (Fsp3) is 0.846. The molecular weight excluding hydrogens is 244 g/mol. The zero-order valence-electron chi connectivity index (χ0n) is 12.0. The summed E-state index contributed by atoms with van der Waals surface area (Å²) in [7, 11) is 1.82. The molecule has 0 saturated carbocycles. The molecule has 1 saturated heterocycles. The maximum absolute atomic E-state index is 11.9. The van der Waals surface area contributed by atoms with Crippen molar-refractivity contribution in [3.63, 3.8) is 0 Å². The lowest BCUT2D eigenvalue weighted by atomic mass is 10.2. The largest absolute Gasteiger partial charge is 0.352 e. The molecule has 0 aliphatic carbocycles. The molecular formula is C13H26N4O2. The zero-order valence-corrected chi connectivity index (χ0v) is 12.0. The van der Waals surface area contributed by atoms with Gasteiger partial charge in [-0.15, -0.1) is 0 Å². The highest BCUT2D eigenvalue weighted by Gasteiger charge is 2.23. The van der Waals surface area contributed by atoms with Gasteiger partial charge in [0.15, 0.2) is 0 Å². The number of likely N-dealkylation sites (tertiary alicyclic amines) is 1. The van der Waals surface area contributed by atoms with E-state index in [2.05, 4.69) is 10.2 Å². The Labute approximate surface area is 115 Å². The summed E-state index contributed by atoms with van der Waals surface area (Å²) in [6, 6.07) is 0.238. The van der Waals surface area contributed by atoms with Gasteiger partial charge >= 0.3 is 0 Å². The molecule has 110 valence electrons. The fourth-order valence-corrected chi connectivity index (χ4v) is 2.34. The lowest BCUT2D eigenvalue weighted by molar-refractivity contribution is -0.130. The Bertz CT molecular complexity index is 309. The van der Waals surface area contributed by atoms with Crippen molar-refractivity contribution in [2.75, 3.05) is 39.8 Å². The molecule has 6 heteroatoms. The van der Waals surface area contributed by atoms with Crippen molar-refractivity contribution in [1.29, 1.82) is 0 Å². The molecule has 2 amide bonds. The second-order valence-corrected chi connectivity index (χ2v) is 5.19. The minimum Gasteiger partial charge on any atom is -0.352 e. The summed E-state index contributed by atoms with van der Waals surface area (Å²) in [5.74, 6) is 0.181. The Hall–Kier alpha value is -1.14. The Morgan fingerprint density at radius 2 is 2.21 bits per heavy atom. The third kappa shape index (κ3) is 6.02. The van der Waals surface area contributed by atoms with Crippen molar-refractivity contribution < 1.29 is 9.59 Å². The summed E-state index contributed by atoms with van der Waals surface area (Å²) >= 11 is 0. The predicted octanol–water partition coefficient (Wildman–Crippen LogP) is -0.606. The van der Waals surface area contributed by atoms with Gasteiger partial charge in [0.05, 0.1) is 0 Å². The highest BCUT2D eigenvalue weighted by molar-refractivity contribution is 5.76. The first-order valence-electron chi connectivity index (χ1n) is 6.96. The highest BCUT2D eigenvalue weighted by atomic mass is 16.2. The van der Waals surface area contributed by atoms with Crippen LogP contribution < -0.4 is 11.1 Å². The molecule has 0 spiro atoms. The molecule has 0 bridgehead atoms. The van der Waals surface area contributed by atoms with Crippen molar-refractivity contribution in [2.45, 2.75) is 32.2 Å². The summed E-state index contributed by atoms with van der Waals surface area (Å²) in [6.45, 7) is 5.44. The van der Waals surface area contributed by atoms with E-state index in [9.17, 15) is 9.59 Å². The average molecular weight is 270 g/mol. The van der Waals surface area contributed by atoms with Crippen LogP contribution >= 0.6 is 0 Å². The van der Waals surface area contributed by atoms with Gasteiger partial charge in [-0.2, -0.15) is 0 Å². The Morgan fingerprint density at radius 3 is 2.84 bits per heavy atom. The molecule has 6 nitrogen and oxygen atoms in total. The van der Waals surface area contributed by atoms with Crippen molar-refractivity contribution in [3.8, 4) is 0 Å². The first kappa shape index (κ1) is 15.9. The molecule has 1 heterocycles. The van der Waals surface area contributed by atoms with Gasteiger partial charge in [0, 0.05) is 52.6 Å². The minimum atomic E-state index is 0.0180. The van der Waals surface area contributed by atoms with Gasteiger partial charge in [-0.1, -0.05) is 0 Å². The van der Waals surface area contributed by atoms with E-state index >= 15 is 0 Å². The molecule has 3 N–H and O–H groups in total. The van der Waals surface area contributed by atoms with Crippen LogP contribution in [0.2, 0.25) is 0 Å². The summed E-state index contributed by atoms with van der Waals surface area (Å²) in [5.41, 5.74) is 5.42. The molecule has 1 aliphatic heterocycles. The van der Waals surface area contributed by atoms with Crippen LogP contribution in [-0.4, -0.2) is 67.4 Å². The van der Waals surface area contributed by atoms with Crippen LogP contribution in [0.3, 0.4) is 0 Å². The van der Waals surface area contributed by atoms with Crippen LogP contribution in [0.25, 0.3) is 0 Å². The number of nitrogens with one attached hydrogen (secondary N) is 1. The van der Waals surface area contributed by atoms with Gasteiger partial charge in [-0.25, -0.2) is 0 Å². The van der Waals surface area contributed by atoms with Crippen LogP contribution in [0.1, 0.15) is 26.2 Å². The second kappa shape index (κ2) is 8.12. The van der Waals surface area contributed by atoms with Gasteiger partial charge < -0.3 is 20.9 Å². The van der Waals surface area contributed by atoms with E-state index in [1.165, 1.54) is 0 Å². The van der Waals surface area contributed by atoms with E-state index in [-0.39, 0.29) is 17.9 Å². The first-order chi connectivity index (χ1) is 9.02. The number of hydrogen-bond acceptors (Lipinski definition) is 4. The van der Waals surface area contributed by atoms with Crippen LogP contribution in [0.15, 0.2) is 0 Å². The molecule has 0 radical (unpaired) electrons. The standard InChI is InChI=1S/C13H26N4O2/c1-11(18)15-12-4-8-17(10-12)9-5-13(19)16(2)7-3-6-14/h12H,3-10,14H2,1-2H3,(H,15,18). The van der Waals surface area contributed by atoms with Crippen LogP contribution in [-0.2, 0) is 9.59 Å². The SMILES string of the molecule is CC(=O)NC1CCN(CCC(=O)N(C)CCCN)C1. The number of rotatable bonds is 7. The number of carbonyl (C=O) groups is 2. The van der Waals surface area contributed by atoms with E-state index in [1.54, 1.807) is 11.8 Å². The Balaban J connectivity index is 2.19. The number of carbonyl (C=O) groups excluding carboxylic acids is 2. The molecule has 0 aromatic rings. The topological polar surface area (TPSA) is 78.7 Å². The zero-order chi connectivity index (χ0) is 14.3. The second-order valence-electron chi connectivity index (χ2n) is 5.19. The highest BCUT2D eigenvalue weighted by Crippen LogP contribution is 2.09. The fourth-order valence-electron chi connectivity index (χ4n) is 2.34. The molecule has 1 rings (SSSR count). The molecule has 1 aliphatic rings. The van der Waals surface area contributed by atoms with Gasteiger partial charge in [0.2, 0.25) is 11.8 Å². The Kier molecular flexibility index (Phi) is 6.80. The number of nitrogens with zero attached hydrogens (tertiary/aromatic N) is 2. The predicted molar refractivity (Wildman–Crippen MR) is 74.6 cm³/mol. The summed E-state index contributed by atoms with van der Waals surface area (Å²) in [5, 5.41) is 2.92. The van der Waals surface area contributed by atoms with Crippen molar-refractivity contribution in [1.82, 2.24) is 15.1 Å². The minimum absolute atomic E-state index is 0.0180. The number of amides is 2. The van der Waals surface area contributed by atoms with Gasteiger partial charge in [-0.3, -0.25) is 9.59 Å². The van der Waals surface area contributed by atoms with E-state index < -0.39 is 0 Å². The summed E-state index contributed by atoms with van der Waals surface area (Å²) in [4.78, 5) is 26.8. The smallest absolute Gasteiger partial charge is 0.223 e. The van der Waals surface area contributed by atoms with E-state index in [0.717, 1.165) is 39.0 Å². The van der Waals surface area contributed by atoms with Crippen molar-refractivity contribution in [3.05, 3.63) is 0 Å². The molecule has 1 unspecified atom stereocenters.